The fourth-order valence-electron chi connectivity index (χ4n) is 1.34. The molecule has 0 aliphatic rings. The third-order valence-corrected chi connectivity index (χ3v) is 2.26. The lowest BCUT2D eigenvalue weighted by molar-refractivity contribution is -0.115. The van der Waals surface area contributed by atoms with Crippen LogP contribution in [0.3, 0.4) is 0 Å². The van der Waals surface area contributed by atoms with Gasteiger partial charge in [-0.3, -0.25) is 4.79 Å². The predicted molar refractivity (Wildman–Crippen MR) is 80.4 cm³/mol. The summed E-state index contributed by atoms with van der Waals surface area (Å²) in [6, 6.07) is 3.95. The lowest BCUT2D eigenvalue weighted by atomic mass is 10.1. The van der Waals surface area contributed by atoms with Gasteiger partial charge < -0.3 is 5.73 Å². The number of aryl methyl sites for hydroxylation is 1. The number of primary amides is 1. The molecule has 20 heavy (non-hydrogen) atoms. The topological polar surface area (TPSA) is 43.1 Å². The molecule has 0 aromatic heterocycles. The van der Waals surface area contributed by atoms with E-state index in [1.54, 1.807) is 6.07 Å². The Morgan fingerprint density at radius 1 is 1.20 bits per heavy atom. The zero-order valence-electron chi connectivity index (χ0n) is 13.2. The van der Waals surface area contributed by atoms with Gasteiger partial charge in [-0.05, 0) is 30.0 Å². The zero-order chi connectivity index (χ0) is 16.1. The van der Waals surface area contributed by atoms with Gasteiger partial charge in [0.15, 0.2) is 11.6 Å². The molecule has 1 rings (SSSR count). The molecule has 0 atom stereocenters. The minimum atomic E-state index is -0.780. The van der Waals surface area contributed by atoms with Crippen LogP contribution in [0.4, 0.5) is 8.78 Å². The minimum absolute atomic E-state index is 0.333. The SMILES string of the molecule is CC(N)=O.CCCC(C)C.CCc1ccc(F)c(F)c1. The molecular formula is C16H27F2NO. The smallest absolute Gasteiger partial charge is 0.214 e. The molecule has 0 saturated carbocycles. The van der Waals surface area contributed by atoms with Crippen LogP contribution >= 0.6 is 0 Å². The highest BCUT2D eigenvalue weighted by molar-refractivity contribution is 5.70. The van der Waals surface area contributed by atoms with Gasteiger partial charge in [0.05, 0.1) is 0 Å². The number of carbonyl (C=O) groups excluding carboxylic acids is 1. The molecule has 0 radical (unpaired) electrons. The van der Waals surface area contributed by atoms with Gasteiger partial charge in [0.25, 0.3) is 0 Å². The number of rotatable bonds is 3. The van der Waals surface area contributed by atoms with E-state index in [-0.39, 0.29) is 5.91 Å². The van der Waals surface area contributed by atoms with E-state index in [2.05, 4.69) is 26.5 Å². The fraction of sp³-hybridized carbons (Fsp3) is 0.562. The fourth-order valence-corrected chi connectivity index (χ4v) is 1.34. The molecule has 0 bridgehead atoms. The van der Waals surface area contributed by atoms with Gasteiger partial charge in [0, 0.05) is 6.92 Å². The first-order valence-corrected chi connectivity index (χ1v) is 6.94. The number of halogens is 2. The summed E-state index contributed by atoms with van der Waals surface area (Å²) >= 11 is 0. The predicted octanol–water partition coefficient (Wildman–Crippen LogP) is 4.46. The normalized spacial score (nSPS) is 9.20. The lowest BCUT2D eigenvalue weighted by Crippen LogP contribution is -2.01. The van der Waals surface area contributed by atoms with Crippen molar-refractivity contribution in [3.63, 3.8) is 0 Å². The van der Waals surface area contributed by atoms with E-state index >= 15 is 0 Å². The Labute approximate surface area is 121 Å². The quantitative estimate of drug-likeness (QED) is 0.876. The molecule has 1 aromatic rings. The van der Waals surface area contributed by atoms with Crippen LogP contribution < -0.4 is 5.73 Å². The van der Waals surface area contributed by atoms with Crippen molar-refractivity contribution in [1.82, 2.24) is 0 Å². The molecule has 0 fully saturated rings. The molecule has 1 aromatic carbocycles. The molecule has 0 aliphatic heterocycles. The van der Waals surface area contributed by atoms with Gasteiger partial charge in [-0.1, -0.05) is 46.6 Å². The number of nitrogens with two attached hydrogens (primary N) is 1. The maximum absolute atomic E-state index is 12.4. The largest absolute Gasteiger partial charge is 0.370 e. The van der Waals surface area contributed by atoms with Crippen LogP contribution in [0, 0.1) is 17.6 Å². The maximum Gasteiger partial charge on any atom is 0.214 e. The highest BCUT2D eigenvalue weighted by Gasteiger charge is 1.99. The molecule has 0 unspecified atom stereocenters. The van der Waals surface area contributed by atoms with Crippen LogP contribution in [0.5, 0.6) is 0 Å². The van der Waals surface area contributed by atoms with Crippen molar-refractivity contribution in [1.29, 1.82) is 0 Å². The summed E-state index contributed by atoms with van der Waals surface area (Å²) in [4.78, 5) is 9.22. The Hall–Kier alpha value is -1.45. The van der Waals surface area contributed by atoms with Crippen LogP contribution in [0.2, 0.25) is 0 Å². The van der Waals surface area contributed by atoms with Crippen molar-refractivity contribution >= 4 is 5.91 Å². The van der Waals surface area contributed by atoms with Gasteiger partial charge >= 0.3 is 0 Å². The first-order chi connectivity index (χ1) is 9.24. The Balaban J connectivity index is 0. The second-order valence-electron chi connectivity index (χ2n) is 4.90. The molecule has 0 spiro atoms. The van der Waals surface area contributed by atoms with E-state index in [1.807, 2.05) is 6.92 Å². The van der Waals surface area contributed by atoms with Crippen LogP contribution in [-0.4, -0.2) is 5.91 Å². The number of hydrogen-bond acceptors (Lipinski definition) is 1. The Morgan fingerprint density at radius 2 is 1.70 bits per heavy atom. The standard InChI is InChI=1S/C8H8F2.C6H14.C2H5NO/c1-2-6-3-4-7(9)8(10)5-6;1-4-5-6(2)3;1-2(3)4/h3-5H,2H2,1H3;6H,4-5H2,1-3H3;1H3,(H2,3,4). The summed E-state index contributed by atoms with van der Waals surface area (Å²) in [6.45, 7) is 9.93. The molecule has 0 aliphatic carbocycles. The zero-order valence-corrected chi connectivity index (χ0v) is 13.2. The molecule has 4 heteroatoms. The second kappa shape index (κ2) is 12.6. The monoisotopic (exact) mass is 287 g/mol. The average molecular weight is 287 g/mol. The second-order valence-corrected chi connectivity index (χ2v) is 4.90. The van der Waals surface area contributed by atoms with Crippen molar-refractivity contribution in [3.8, 4) is 0 Å². The summed E-state index contributed by atoms with van der Waals surface area (Å²) in [5, 5.41) is 0. The van der Waals surface area contributed by atoms with Gasteiger partial charge in [-0.2, -0.15) is 0 Å². The minimum Gasteiger partial charge on any atom is -0.370 e. The first kappa shape index (κ1) is 20.9. The van der Waals surface area contributed by atoms with Crippen LogP contribution in [0.15, 0.2) is 18.2 Å². The summed E-state index contributed by atoms with van der Waals surface area (Å²) in [5.74, 6) is -0.980. The van der Waals surface area contributed by atoms with Crippen molar-refractivity contribution in [2.24, 2.45) is 11.7 Å². The summed E-state index contributed by atoms with van der Waals surface area (Å²) in [7, 11) is 0. The Bertz CT molecular complexity index is 375. The van der Waals surface area contributed by atoms with Gasteiger partial charge in [0.2, 0.25) is 5.91 Å². The lowest BCUT2D eigenvalue weighted by Gasteiger charge is -1.95. The van der Waals surface area contributed by atoms with Gasteiger partial charge in [0.1, 0.15) is 0 Å². The van der Waals surface area contributed by atoms with Crippen molar-refractivity contribution in [2.75, 3.05) is 0 Å². The Kier molecular flexibility index (Phi) is 13.1. The molecule has 2 N–H and O–H groups in total. The highest BCUT2D eigenvalue weighted by Crippen LogP contribution is 2.08. The van der Waals surface area contributed by atoms with Crippen molar-refractivity contribution < 1.29 is 13.6 Å². The number of carbonyl (C=O) groups is 1. The van der Waals surface area contributed by atoms with Crippen LogP contribution in [0.1, 0.15) is 53.0 Å². The molecule has 116 valence electrons. The van der Waals surface area contributed by atoms with E-state index in [0.29, 0.717) is 0 Å². The van der Waals surface area contributed by atoms with Gasteiger partial charge in [-0.15, -0.1) is 0 Å². The number of benzene rings is 1. The molecule has 0 heterocycles. The summed E-state index contributed by atoms with van der Waals surface area (Å²) < 4.78 is 24.7. The van der Waals surface area contributed by atoms with Crippen molar-refractivity contribution in [2.45, 2.75) is 53.9 Å². The van der Waals surface area contributed by atoms with E-state index in [9.17, 15) is 13.6 Å². The first-order valence-electron chi connectivity index (χ1n) is 6.94. The molecule has 1 amide bonds. The van der Waals surface area contributed by atoms with Gasteiger partial charge in [-0.25, -0.2) is 8.78 Å². The summed E-state index contributed by atoms with van der Waals surface area (Å²) in [5.41, 5.74) is 5.29. The molecule has 0 saturated heterocycles. The number of hydrogen-bond donors (Lipinski definition) is 1. The van der Waals surface area contributed by atoms with Crippen LogP contribution in [0.25, 0.3) is 0 Å². The molecular weight excluding hydrogens is 260 g/mol. The third-order valence-electron chi connectivity index (χ3n) is 2.26. The third kappa shape index (κ3) is 14.6. The highest BCUT2D eigenvalue weighted by atomic mass is 19.2. The van der Waals surface area contributed by atoms with E-state index < -0.39 is 11.6 Å². The Morgan fingerprint density at radius 3 is 1.95 bits per heavy atom. The number of amides is 1. The molecule has 2 nitrogen and oxygen atoms in total. The van der Waals surface area contributed by atoms with E-state index in [1.165, 1.54) is 25.8 Å². The van der Waals surface area contributed by atoms with E-state index in [0.717, 1.165) is 24.0 Å². The average Bonchev–Trinajstić information content (AvgIpc) is 2.32. The maximum atomic E-state index is 12.4. The van der Waals surface area contributed by atoms with E-state index in [4.69, 9.17) is 0 Å². The van der Waals surface area contributed by atoms with Crippen LogP contribution in [-0.2, 0) is 11.2 Å². The summed E-state index contributed by atoms with van der Waals surface area (Å²) in [6.07, 6.45) is 3.44. The van der Waals surface area contributed by atoms with Crippen molar-refractivity contribution in [3.05, 3.63) is 35.4 Å².